The molecular formula is C14H23NO3. The van der Waals surface area contributed by atoms with E-state index >= 15 is 0 Å². The van der Waals surface area contributed by atoms with Gasteiger partial charge in [0.1, 0.15) is 0 Å². The summed E-state index contributed by atoms with van der Waals surface area (Å²) < 4.78 is 0. The molecule has 1 heterocycles. The summed E-state index contributed by atoms with van der Waals surface area (Å²) in [7, 11) is 0. The van der Waals surface area contributed by atoms with Crippen LogP contribution in [0.25, 0.3) is 0 Å². The maximum atomic E-state index is 12.2. The predicted octanol–water partition coefficient (Wildman–Crippen LogP) is 2.28. The van der Waals surface area contributed by atoms with Gasteiger partial charge in [-0.1, -0.05) is 26.2 Å². The van der Waals surface area contributed by atoms with Gasteiger partial charge in [-0.3, -0.25) is 9.59 Å². The first-order chi connectivity index (χ1) is 8.52. The molecule has 2 aliphatic rings. The Balaban J connectivity index is 2.17. The lowest BCUT2D eigenvalue weighted by Crippen LogP contribution is -2.56. The number of aliphatic carboxylic acids is 1. The summed E-state index contributed by atoms with van der Waals surface area (Å²) >= 11 is 0. The average Bonchev–Trinajstić information content (AvgIpc) is 2.28. The lowest BCUT2D eigenvalue weighted by Gasteiger charge is -2.46. The number of likely N-dealkylation sites (tertiary alicyclic amines) is 1. The highest BCUT2D eigenvalue weighted by Crippen LogP contribution is 2.35. The largest absolute Gasteiger partial charge is 0.481 e. The van der Waals surface area contributed by atoms with E-state index in [2.05, 4.69) is 0 Å². The lowest BCUT2D eigenvalue weighted by atomic mass is 9.79. The van der Waals surface area contributed by atoms with E-state index in [1.165, 1.54) is 6.42 Å². The number of carbonyl (C=O) groups excluding carboxylic acids is 1. The van der Waals surface area contributed by atoms with Gasteiger partial charge in [-0.25, -0.2) is 0 Å². The minimum absolute atomic E-state index is 0.0511. The van der Waals surface area contributed by atoms with Gasteiger partial charge in [-0.05, 0) is 25.7 Å². The Morgan fingerprint density at radius 1 is 1.22 bits per heavy atom. The number of nitrogens with zero attached hydrogens (tertiary/aromatic N) is 1. The SMILES string of the molecule is CC1CC(=O)N(C2CCCCC2)C(C)C1C(=O)O. The highest BCUT2D eigenvalue weighted by atomic mass is 16.4. The number of hydrogen-bond acceptors (Lipinski definition) is 2. The summed E-state index contributed by atoms with van der Waals surface area (Å²) in [6.07, 6.45) is 6.03. The van der Waals surface area contributed by atoms with E-state index in [9.17, 15) is 14.7 Å². The maximum Gasteiger partial charge on any atom is 0.308 e. The van der Waals surface area contributed by atoms with Crippen LogP contribution in [-0.2, 0) is 9.59 Å². The first-order valence-electron chi connectivity index (χ1n) is 7.06. The zero-order chi connectivity index (χ0) is 13.3. The maximum absolute atomic E-state index is 12.2. The van der Waals surface area contributed by atoms with Crippen molar-refractivity contribution in [3.05, 3.63) is 0 Å². The van der Waals surface area contributed by atoms with Crippen LogP contribution in [0.15, 0.2) is 0 Å². The molecule has 0 spiro atoms. The third-order valence-corrected chi connectivity index (χ3v) is 4.61. The second-order valence-corrected chi connectivity index (χ2v) is 5.88. The molecule has 1 amide bonds. The highest BCUT2D eigenvalue weighted by molar-refractivity contribution is 5.82. The van der Waals surface area contributed by atoms with Crippen molar-refractivity contribution in [1.29, 1.82) is 0 Å². The van der Waals surface area contributed by atoms with Crippen LogP contribution in [0.3, 0.4) is 0 Å². The number of piperidine rings is 1. The minimum atomic E-state index is -0.761. The van der Waals surface area contributed by atoms with Crippen LogP contribution < -0.4 is 0 Å². The molecule has 4 heteroatoms. The van der Waals surface area contributed by atoms with E-state index in [4.69, 9.17) is 0 Å². The Morgan fingerprint density at radius 2 is 1.83 bits per heavy atom. The fourth-order valence-electron chi connectivity index (χ4n) is 3.73. The number of carboxylic acid groups (broad SMARTS) is 1. The summed E-state index contributed by atoms with van der Waals surface area (Å²) in [5.41, 5.74) is 0. The molecule has 0 aromatic heterocycles. The molecule has 102 valence electrons. The van der Waals surface area contributed by atoms with Crippen molar-refractivity contribution in [1.82, 2.24) is 4.90 Å². The summed E-state index contributed by atoms with van der Waals surface area (Å²) in [5.74, 6) is -1.07. The summed E-state index contributed by atoms with van der Waals surface area (Å²) in [4.78, 5) is 25.5. The van der Waals surface area contributed by atoms with Crippen molar-refractivity contribution < 1.29 is 14.7 Å². The fraction of sp³-hybridized carbons (Fsp3) is 0.857. The zero-order valence-corrected chi connectivity index (χ0v) is 11.3. The van der Waals surface area contributed by atoms with E-state index < -0.39 is 11.9 Å². The van der Waals surface area contributed by atoms with E-state index in [0.717, 1.165) is 25.7 Å². The molecule has 0 aromatic carbocycles. The number of amides is 1. The van der Waals surface area contributed by atoms with Gasteiger partial charge in [0.2, 0.25) is 5.91 Å². The van der Waals surface area contributed by atoms with E-state index in [-0.39, 0.29) is 23.9 Å². The normalized spacial score (nSPS) is 34.7. The van der Waals surface area contributed by atoms with Crippen LogP contribution in [0.1, 0.15) is 52.4 Å². The monoisotopic (exact) mass is 253 g/mol. The molecule has 2 fully saturated rings. The van der Waals surface area contributed by atoms with Crippen LogP contribution in [0.4, 0.5) is 0 Å². The Hall–Kier alpha value is -1.06. The van der Waals surface area contributed by atoms with Crippen molar-refractivity contribution in [3.63, 3.8) is 0 Å². The molecule has 0 aromatic rings. The second-order valence-electron chi connectivity index (χ2n) is 5.88. The topological polar surface area (TPSA) is 57.6 Å². The van der Waals surface area contributed by atoms with Gasteiger partial charge in [0.25, 0.3) is 0 Å². The Morgan fingerprint density at radius 3 is 2.39 bits per heavy atom. The smallest absolute Gasteiger partial charge is 0.308 e. The molecule has 4 nitrogen and oxygen atoms in total. The van der Waals surface area contributed by atoms with Crippen molar-refractivity contribution in [2.45, 2.75) is 64.5 Å². The van der Waals surface area contributed by atoms with Crippen LogP contribution in [0.5, 0.6) is 0 Å². The van der Waals surface area contributed by atoms with Gasteiger partial charge >= 0.3 is 5.97 Å². The average molecular weight is 253 g/mol. The van der Waals surface area contributed by atoms with Crippen LogP contribution in [0, 0.1) is 11.8 Å². The molecule has 0 radical (unpaired) electrons. The molecule has 3 unspecified atom stereocenters. The number of carbonyl (C=O) groups is 2. The van der Waals surface area contributed by atoms with E-state index in [1.54, 1.807) is 0 Å². The van der Waals surface area contributed by atoms with Crippen molar-refractivity contribution in [3.8, 4) is 0 Å². The molecule has 0 bridgehead atoms. The Labute approximate surface area is 108 Å². The van der Waals surface area contributed by atoms with Gasteiger partial charge < -0.3 is 10.0 Å². The third kappa shape index (κ3) is 2.38. The fourth-order valence-corrected chi connectivity index (χ4v) is 3.73. The van der Waals surface area contributed by atoms with Gasteiger partial charge in [-0.15, -0.1) is 0 Å². The molecule has 1 aliphatic carbocycles. The van der Waals surface area contributed by atoms with Crippen LogP contribution >= 0.6 is 0 Å². The predicted molar refractivity (Wildman–Crippen MR) is 68.1 cm³/mol. The first-order valence-corrected chi connectivity index (χ1v) is 7.06. The van der Waals surface area contributed by atoms with Crippen molar-refractivity contribution in [2.24, 2.45) is 11.8 Å². The molecule has 1 saturated carbocycles. The van der Waals surface area contributed by atoms with Crippen molar-refractivity contribution >= 4 is 11.9 Å². The quantitative estimate of drug-likeness (QED) is 0.821. The Kier molecular flexibility index (Phi) is 3.93. The van der Waals surface area contributed by atoms with Crippen LogP contribution in [0.2, 0.25) is 0 Å². The first kappa shape index (κ1) is 13.4. The summed E-state index contributed by atoms with van der Waals surface area (Å²) in [5, 5.41) is 9.34. The number of rotatable bonds is 2. The molecular weight excluding hydrogens is 230 g/mol. The zero-order valence-electron chi connectivity index (χ0n) is 11.3. The molecule has 1 saturated heterocycles. The minimum Gasteiger partial charge on any atom is -0.481 e. The van der Waals surface area contributed by atoms with Gasteiger partial charge in [-0.2, -0.15) is 0 Å². The third-order valence-electron chi connectivity index (χ3n) is 4.61. The highest BCUT2D eigenvalue weighted by Gasteiger charge is 2.44. The van der Waals surface area contributed by atoms with E-state index in [1.807, 2.05) is 18.7 Å². The van der Waals surface area contributed by atoms with Gasteiger partial charge in [0, 0.05) is 18.5 Å². The molecule has 3 atom stereocenters. The molecule has 18 heavy (non-hydrogen) atoms. The summed E-state index contributed by atoms with van der Waals surface area (Å²) in [6, 6.07) is 0.109. The standard InChI is InChI=1S/C14H23NO3/c1-9-8-12(16)15(10(2)13(9)14(17)18)11-6-4-3-5-7-11/h9-11,13H,3-8H2,1-2H3,(H,17,18). The molecule has 1 aliphatic heterocycles. The number of hydrogen-bond donors (Lipinski definition) is 1. The summed E-state index contributed by atoms with van der Waals surface area (Å²) in [6.45, 7) is 3.78. The van der Waals surface area contributed by atoms with Gasteiger partial charge in [0.15, 0.2) is 0 Å². The Bertz CT molecular complexity index is 336. The van der Waals surface area contributed by atoms with Crippen LogP contribution in [-0.4, -0.2) is 34.0 Å². The van der Waals surface area contributed by atoms with E-state index in [0.29, 0.717) is 6.42 Å². The number of carboxylic acids is 1. The lowest BCUT2D eigenvalue weighted by molar-refractivity contribution is -0.157. The van der Waals surface area contributed by atoms with Gasteiger partial charge in [0.05, 0.1) is 5.92 Å². The molecule has 1 N–H and O–H groups in total. The molecule has 2 rings (SSSR count). The van der Waals surface area contributed by atoms with Crippen molar-refractivity contribution in [2.75, 3.05) is 0 Å². The second kappa shape index (κ2) is 5.29.